The van der Waals surface area contributed by atoms with Crippen LogP contribution >= 0.6 is 11.8 Å². The van der Waals surface area contributed by atoms with Crippen molar-refractivity contribution in [2.75, 3.05) is 7.11 Å². The number of nitrogens with zero attached hydrogens (tertiary/aromatic N) is 4. The summed E-state index contributed by atoms with van der Waals surface area (Å²) in [5.41, 5.74) is 0.756. The van der Waals surface area contributed by atoms with Crippen LogP contribution in [0.5, 0.6) is 11.5 Å². The van der Waals surface area contributed by atoms with Gasteiger partial charge in [0.15, 0.2) is 17.1 Å². The Balaban J connectivity index is 1.78. The molecule has 0 spiro atoms. The first kappa shape index (κ1) is 21.6. The normalized spacial score (nSPS) is 12.0. The van der Waals surface area contributed by atoms with Crippen LogP contribution in [0.15, 0.2) is 53.7 Å². The van der Waals surface area contributed by atoms with Crippen LogP contribution in [0.2, 0.25) is 0 Å². The van der Waals surface area contributed by atoms with Gasteiger partial charge in [0.25, 0.3) is 5.69 Å². The molecule has 0 aliphatic rings. The van der Waals surface area contributed by atoms with Gasteiger partial charge in [-0.2, -0.15) is 0 Å². The standard InChI is InChI=1S/C21H24N4O4S/c1-14(2)24-20(15(3)29-18-11-9-17(28-4)10-12-18)22-23-21(24)30-13-16-7-5-6-8-19(16)25(26)27/h5-12,14-15H,13H2,1-4H3. The molecule has 3 rings (SSSR count). The van der Waals surface area contributed by atoms with Crippen LogP contribution in [0.3, 0.4) is 0 Å². The number of ether oxygens (including phenoxy) is 2. The van der Waals surface area contributed by atoms with Gasteiger partial charge < -0.3 is 14.0 Å². The predicted octanol–water partition coefficient (Wildman–Crippen LogP) is 5.21. The molecule has 0 aliphatic heterocycles. The number of hydrogen-bond donors (Lipinski definition) is 0. The molecule has 0 saturated heterocycles. The molecular weight excluding hydrogens is 404 g/mol. The van der Waals surface area contributed by atoms with Crippen LogP contribution in [0, 0.1) is 10.1 Å². The number of nitro benzene ring substituents is 1. The second kappa shape index (κ2) is 9.62. The summed E-state index contributed by atoms with van der Waals surface area (Å²) in [7, 11) is 1.62. The molecule has 0 N–H and O–H groups in total. The lowest BCUT2D eigenvalue weighted by molar-refractivity contribution is -0.385. The van der Waals surface area contributed by atoms with E-state index in [-0.39, 0.29) is 22.8 Å². The van der Waals surface area contributed by atoms with Gasteiger partial charge in [0.1, 0.15) is 11.5 Å². The van der Waals surface area contributed by atoms with Crippen molar-refractivity contribution in [3.05, 3.63) is 70.0 Å². The van der Waals surface area contributed by atoms with Gasteiger partial charge in [-0.25, -0.2) is 0 Å². The molecule has 0 saturated carbocycles. The minimum Gasteiger partial charge on any atom is -0.497 e. The smallest absolute Gasteiger partial charge is 0.273 e. The zero-order valence-electron chi connectivity index (χ0n) is 17.3. The molecule has 8 nitrogen and oxygen atoms in total. The summed E-state index contributed by atoms with van der Waals surface area (Å²) < 4.78 is 13.2. The monoisotopic (exact) mass is 428 g/mol. The van der Waals surface area contributed by atoms with E-state index in [1.54, 1.807) is 25.3 Å². The number of nitro groups is 1. The minimum atomic E-state index is -0.362. The summed E-state index contributed by atoms with van der Waals surface area (Å²) in [4.78, 5) is 10.9. The Morgan fingerprint density at radius 1 is 1.07 bits per heavy atom. The molecule has 158 valence electrons. The first-order chi connectivity index (χ1) is 14.4. The Kier molecular flexibility index (Phi) is 6.94. The lowest BCUT2D eigenvalue weighted by Gasteiger charge is -2.19. The van der Waals surface area contributed by atoms with Crippen molar-refractivity contribution in [2.45, 2.75) is 43.8 Å². The molecule has 0 aliphatic carbocycles. The van der Waals surface area contributed by atoms with Gasteiger partial charge in [0.05, 0.1) is 12.0 Å². The van der Waals surface area contributed by atoms with Crippen LogP contribution < -0.4 is 9.47 Å². The Morgan fingerprint density at radius 3 is 2.37 bits per heavy atom. The van der Waals surface area contributed by atoms with Gasteiger partial charge in [-0.1, -0.05) is 30.0 Å². The average Bonchev–Trinajstić information content (AvgIpc) is 3.17. The highest BCUT2D eigenvalue weighted by molar-refractivity contribution is 7.98. The zero-order chi connectivity index (χ0) is 21.7. The van der Waals surface area contributed by atoms with Crippen molar-refractivity contribution in [3.63, 3.8) is 0 Å². The largest absolute Gasteiger partial charge is 0.497 e. The second-order valence-electron chi connectivity index (χ2n) is 6.91. The topological polar surface area (TPSA) is 92.3 Å². The van der Waals surface area contributed by atoms with Gasteiger partial charge in [-0.05, 0) is 45.0 Å². The van der Waals surface area contributed by atoms with E-state index in [2.05, 4.69) is 10.2 Å². The highest BCUT2D eigenvalue weighted by Crippen LogP contribution is 2.31. The van der Waals surface area contributed by atoms with Crippen molar-refractivity contribution in [1.29, 1.82) is 0 Å². The van der Waals surface area contributed by atoms with E-state index in [1.165, 1.54) is 17.8 Å². The molecule has 0 fully saturated rings. The Bertz CT molecular complexity index is 1000. The van der Waals surface area contributed by atoms with E-state index < -0.39 is 0 Å². The summed E-state index contributed by atoms with van der Waals surface area (Å²) >= 11 is 1.42. The Hall–Kier alpha value is -3.07. The van der Waals surface area contributed by atoms with Gasteiger partial charge in [0.2, 0.25) is 0 Å². The SMILES string of the molecule is COc1ccc(OC(C)c2nnc(SCc3ccccc3[N+](=O)[O-])n2C(C)C)cc1. The van der Waals surface area contributed by atoms with E-state index in [4.69, 9.17) is 9.47 Å². The van der Waals surface area contributed by atoms with Crippen molar-refractivity contribution in [3.8, 4) is 11.5 Å². The van der Waals surface area contributed by atoms with E-state index >= 15 is 0 Å². The third kappa shape index (κ3) is 4.91. The van der Waals surface area contributed by atoms with Gasteiger partial charge in [-0.3, -0.25) is 10.1 Å². The minimum absolute atomic E-state index is 0.102. The van der Waals surface area contributed by atoms with Crippen molar-refractivity contribution >= 4 is 17.4 Å². The lowest BCUT2D eigenvalue weighted by atomic mass is 10.2. The molecule has 30 heavy (non-hydrogen) atoms. The summed E-state index contributed by atoms with van der Waals surface area (Å²) in [6.45, 7) is 6.01. The first-order valence-corrected chi connectivity index (χ1v) is 10.5. The molecule has 9 heteroatoms. The third-order valence-corrected chi connectivity index (χ3v) is 5.48. The fourth-order valence-corrected chi connectivity index (χ4v) is 4.08. The van der Waals surface area contributed by atoms with Crippen LogP contribution in [-0.4, -0.2) is 26.8 Å². The average molecular weight is 429 g/mol. The molecule has 0 bridgehead atoms. The number of aromatic nitrogens is 3. The maximum atomic E-state index is 11.3. The fraction of sp³-hybridized carbons (Fsp3) is 0.333. The van der Waals surface area contributed by atoms with Crippen molar-refractivity contribution in [1.82, 2.24) is 14.8 Å². The van der Waals surface area contributed by atoms with Gasteiger partial charge >= 0.3 is 0 Å². The number of benzene rings is 2. The molecule has 0 amide bonds. The highest BCUT2D eigenvalue weighted by Gasteiger charge is 2.22. The van der Waals surface area contributed by atoms with E-state index in [0.29, 0.717) is 28.0 Å². The Morgan fingerprint density at radius 2 is 1.73 bits per heavy atom. The molecule has 1 aromatic heterocycles. The number of thioether (sulfide) groups is 1. The van der Waals surface area contributed by atoms with E-state index in [1.807, 2.05) is 49.6 Å². The fourth-order valence-electron chi connectivity index (χ4n) is 3.01. The first-order valence-electron chi connectivity index (χ1n) is 9.51. The second-order valence-corrected chi connectivity index (χ2v) is 7.86. The quantitative estimate of drug-likeness (QED) is 0.262. The lowest BCUT2D eigenvalue weighted by Crippen LogP contribution is -2.14. The maximum absolute atomic E-state index is 11.3. The van der Waals surface area contributed by atoms with Crippen LogP contribution in [0.4, 0.5) is 5.69 Å². The summed E-state index contributed by atoms with van der Waals surface area (Å²) in [6, 6.07) is 14.2. The number of methoxy groups -OCH3 is 1. The van der Waals surface area contributed by atoms with Crippen LogP contribution in [0.25, 0.3) is 0 Å². The predicted molar refractivity (Wildman–Crippen MR) is 115 cm³/mol. The zero-order valence-corrected chi connectivity index (χ0v) is 18.1. The molecule has 2 aromatic carbocycles. The number of hydrogen-bond acceptors (Lipinski definition) is 7. The summed E-state index contributed by atoms with van der Waals surface area (Å²) in [6.07, 6.45) is -0.325. The summed E-state index contributed by atoms with van der Waals surface area (Å²) in [5.74, 6) is 2.59. The van der Waals surface area contributed by atoms with Crippen molar-refractivity contribution < 1.29 is 14.4 Å². The van der Waals surface area contributed by atoms with Gasteiger partial charge in [-0.15, -0.1) is 10.2 Å². The molecular formula is C21H24N4O4S. The molecule has 1 atom stereocenters. The highest BCUT2D eigenvalue weighted by atomic mass is 32.2. The van der Waals surface area contributed by atoms with Crippen LogP contribution in [-0.2, 0) is 5.75 Å². The van der Waals surface area contributed by atoms with E-state index in [0.717, 1.165) is 5.75 Å². The summed E-state index contributed by atoms with van der Waals surface area (Å²) in [5, 5.41) is 20.6. The third-order valence-electron chi connectivity index (χ3n) is 4.49. The van der Waals surface area contributed by atoms with Gasteiger partial charge in [0, 0.05) is 23.4 Å². The molecule has 1 unspecified atom stereocenters. The molecule has 0 radical (unpaired) electrons. The number of para-hydroxylation sites is 1. The van der Waals surface area contributed by atoms with Crippen molar-refractivity contribution in [2.24, 2.45) is 0 Å². The molecule has 1 heterocycles. The molecule has 3 aromatic rings. The van der Waals surface area contributed by atoms with E-state index in [9.17, 15) is 10.1 Å². The maximum Gasteiger partial charge on any atom is 0.273 e. The number of rotatable bonds is 9. The Labute approximate surface area is 179 Å². The van der Waals surface area contributed by atoms with Crippen LogP contribution in [0.1, 0.15) is 44.3 Å².